The van der Waals surface area contributed by atoms with Crippen molar-refractivity contribution in [2.75, 3.05) is 5.73 Å². The van der Waals surface area contributed by atoms with Crippen molar-refractivity contribution in [3.63, 3.8) is 0 Å². The fraction of sp³-hybridized carbons (Fsp3) is 0.0909. The number of hydrogen-bond acceptors (Lipinski definition) is 5. The van der Waals surface area contributed by atoms with Gasteiger partial charge in [0.25, 0.3) is 0 Å². The molecule has 2 aromatic rings. The van der Waals surface area contributed by atoms with E-state index in [4.69, 9.17) is 5.73 Å². The molecule has 1 heterocycles. The number of nitrogens with zero attached hydrogens (tertiary/aromatic N) is 2. The van der Waals surface area contributed by atoms with Crippen LogP contribution in [0.15, 0.2) is 40.4 Å². The fourth-order valence-electron chi connectivity index (χ4n) is 1.51. The number of benzene rings is 1. The molecular weight excluding hydrogens is 257 g/mol. The summed E-state index contributed by atoms with van der Waals surface area (Å²) in [7, 11) is -3.75. The molecule has 7 heteroatoms. The first-order valence-electron chi connectivity index (χ1n) is 5.00. The first-order valence-corrected chi connectivity index (χ1v) is 6.48. The van der Waals surface area contributed by atoms with Crippen molar-refractivity contribution in [1.82, 2.24) is 9.97 Å². The number of aryl methyl sites for hydroxylation is 1. The van der Waals surface area contributed by atoms with Gasteiger partial charge < -0.3 is 5.73 Å². The van der Waals surface area contributed by atoms with E-state index in [-0.39, 0.29) is 15.7 Å². The lowest BCUT2D eigenvalue weighted by molar-refractivity contribution is 0.593. The van der Waals surface area contributed by atoms with Crippen LogP contribution in [0.2, 0.25) is 0 Å². The molecule has 0 bridgehead atoms. The number of rotatable bonds is 2. The lowest BCUT2D eigenvalue weighted by Crippen LogP contribution is -2.06. The van der Waals surface area contributed by atoms with Gasteiger partial charge in [0.05, 0.1) is 17.3 Å². The van der Waals surface area contributed by atoms with E-state index in [1.54, 1.807) is 0 Å². The highest BCUT2D eigenvalue weighted by Gasteiger charge is 2.20. The Hall–Kier alpha value is -2.02. The van der Waals surface area contributed by atoms with Gasteiger partial charge in [-0.25, -0.2) is 22.8 Å². The zero-order chi connectivity index (χ0) is 13.3. The zero-order valence-electron chi connectivity index (χ0n) is 9.46. The van der Waals surface area contributed by atoms with Crippen LogP contribution < -0.4 is 5.73 Å². The number of halogens is 1. The van der Waals surface area contributed by atoms with Crippen molar-refractivity contribution in [1.29, 1.82) is 0 Å². The molecule has 5 nitrogen and oxygen atoms in total. The summed E-state index contributed by atoms with van der Waals surface area (Å²) in [6, 6.07) is 3.47. The van der Waals surface area contributed by atoms with E-state index in [2.05, 4.69) is 9.97 Å². The maximum absolute atomic E-state index is 13.0. The summed E-state index contributed by atoms with van der Waals surface area (Å²) >= 11 is 0. The number of hydrogen-bond donors (Lipinski definition) is 1. The van der Waals surface area contributed by atoms with Gasteiger partial charge in [0.15, 0.2) is 0 Å². The highest BCUT2D eigenvalue weighted by Crippen LogP contribution is 2.23. The fourth-order valence-corrected chi connectivity index (χ4v) is 2.87. The van der Waals surface area contributed by atoms with Crippen molar-refractivity contribution in [3.8, 4) is 0 Å². The van der Waals surface area contributed by atoms with E-state index < -0.39 is 15.7 Å². The molecule has 0 aliphatic heterocycles. The Bertz CT molecular complexity index is 684. The Morgan fingerprint density at radius 2 is 1.83 bits per heavy atom. The predicted molar refractivity (Wildman–Crippen MR) is 63.0 cm³/mol. The van der Waals surface area contributed by atoms with Gasteiger partial charge in [-0.05, 0) is 30.7 Å². The van der Waals surface area contributed by atoms with Gasteiger partial charge >= 0.3 is 0 Å². The third-order valence-electron chi connectivity index (χ3n) is 2.38. The molecule has 0 atom stereocenters. The highest BCUT2D eigenvalue weighted by atomic mass is 32.2. The topological polar surface area (TPSA) is 85.9 Å². The summed E-state index contributed by atoms with van der Waals surface area (Å²) in [6.07, 6.45) is 2.25. The maximum Gasteiger partial charge on any atom is 0.219 e. The molecule has 0 aliphatic carbocycles. The summed E-state index contributed by atoms with van der Waals surface area (Å²) in [5.74, 6) is -0.496. The summed E-state index contributed by atoms with van der Waals surface area (Å²) < 4.78 is 37.4. The first kappa shape index (κ1) is 12.4. The van der Waals surface area contributed by atoms with Crippen LogP contribution in [0.5, 0.6) is 0 Å². The molecule has 0 spiro atoms. The van der Waals surface area contributed by atoms with Crippen LogP contribution in [-0.4, -0.2) is 18.4 Å². The van der Waals surface area contributed by atoms with Gasteiger partial charge in [-0.15, -0.1) is 0 Å². The molecular formula is C11H10FN3O2S. The van der Waals surface area contributed by atoms with Crippen LogP contribution in [0.4, 0.5) is 10.3 Å². The molecule has 0 unspecified atom stereocenters. The second-order valence-corrected chi connectivity index (χ2v) is 5.61. The summed E-state index contributed by atoms with van der Waals surface area (Å²) in [6.45, 7) is 1.52. The van der Waals surface area contributed by atoms with Crippen LogP contribution in [0.3, 0.4) is 0 Å². The maximum atomic E-state index is 13.0. The molecule has 1 aromatic carbocycles. The van der Waals surface area contributed by atoms with Gasteiger partial charge in [-0.3, -0.25) is 0 Å². The average molecular weight is 267 g/mol. The molecule has 18 heavy (non-hydrogen) atoms. The zero-order valence-corrected chi connectivity index (χ0v) is 10.3. The highest BCUT2D eigenvalue weighted by molar-refractivity contribution is 7.91. The van der Waals surface area contributed by atoms with Crippen molar-refractivity contribution in [2.24, 2.45) is 0 Å². The monoisotopic (exact) mass is 267 g/mol. The van der Waals surface area contributed by atoms with E-state index in [9.17, 15) is 12.8 Å². The Balaban J connectivity index is 2.58. The van der Waals surface area contributed by atoms with E-state index in [0.29, 0.717) is 5.56 Å². The number of nitrogen functional groups attached to an aromatic ring is 1. The van der Waals surface area contributed by atoms with Crippen LogP contribution in [0.1, 0.15) is 5.56 Å². The molecule has 2 rings (SSSR count). The molecule has 0 radical (unpaired) electrons. The van der Waals surface area contributed by atoms with Crippen molar-refractivity contribution in [2.45, 2.75) is 16.7 Å². The van der Waals surface area contributed by atoms with E-state index in [1.807, 2.05) is 0 Å². The second kappa shape index (κ2) is 4.34. The molecule has 1 aromatic heterocycles. The number of anilines is 1. The smallest absolute Gasteiger partial charge is 0.219 e. The van der Waals surface area contributed by atoms with Crippen LogP contribution in [0.25, 0.3) is 0 Å². The lowest BCUT2D eigenvalue weighted by Gasteiger charge is -2.07. The predicted octanol–water partition coefficient (Wildman–Crippen LogP) is 1.34. The molecule has 0 aliphatic rings. The molecule has 0 saturated carbocycles. The Labute approximate surface area is 103 Å². The Kier molecular flexibility index (Phi) is 3.00. The second-order valence-electron chi connectivity index (χ2n) is 3.69. The Morgan fingerprint density at radius 1 is 1.22 bits per heavy atom. The minimum atomic E-state index is -3.75. The van der Waals surface area contributed by atoms with Gasteiger partial charge in [-0.1, -0.05) is 0 Å². The standard InChI is InChI=1S/C11H10FN3O2S/c1-7-4-8(12)2-3-10(7)18(16,17)9-5-14-11(13)15-6-9/h2-6H,1H3,(H2,13,14,15). The third kappa shape index (κ3) is 2.17. The molecule has 0 fully saturated rings. The summed E-state index contributed by atoms with van der Waals surface area (Å²) in [4.78, 5) is 7.21. The Morgan fingerprint density at radius 3 is 2.39 bits per heavy atom. The van der Waals surface area contributed by atoms with E-state index in [0.717, 1.165) is 24.5 Å². The van der Waals surface area contributed by atoms with Gasteiger partial charge in [-0.2, -0.15) is 0 Å². The third-order valence-corrected chi connectivity index (χ3v) is 4.25. The summed E-state index contributed by atoms with van der Waals surface area (Å²) in [5.41, 5.74) is 5.62. The van der Waals surface area contributed by atoms with Crippen molar-refractivity contribution in [3.05, 3.63) is 42.0 Å². The van der Waals surface area contributed by atoms with Crippen molar-refractivity contribution >= 4 is 15.8 Å². The van der Waals surface area contributed by atoms with E-state index >= 15 is 0 Å². The van der Waals surface area contributed by atoms with Crippen LogP contribution in [-0.2, 0) is 9.84 Å². The molecule has 94 valence electrons. The number of aromatic nitrogens is 2. The van der Waals surface area contributed by atoms with Crippen LogP contribution >= 0.6 is 0 Å². The van der Waals surface area contributed by atoms with E-state index in [1.165, 1.54) is 13.0 Å². The van der Waals surface area contributed by atoms with Gasteiger partial charge in [0, 0.05) is 0 Å². The SMILES string of the molecule is Cc1cc(F)ccc1S(=O)(=O)c1cnc(N)nc1. The minimum absolute atomic E-state index is 0.00946. The first-order chi connectivity index (χ1) is 8.41. The number of nitrogens with two attached hydrogens (primary N) is 1. The summed E-state index contributed by atoms with van der Waals surface area (Å²) in [5, 5.41) is 0. The quantitative estimate of drug-likeness (QED) is 0.830. The largest absolute Gasteiger partial charge is 0.368 e. The molecule has 0 amide bonds. The minimum Gasteiger partial charge on any atom is -0.368 e. The van der Waals surface area contributed by atoms with Gasteiger partial charge in [0.1, 0.15) is 10.7 Å². The number of sulfone groups is 1. The van der Waals surface area contributed by atoms with Crippen molar-refractivity contribution < 1.29 is 12.8 Å². The normalized spacial score (nSPS) is 11.4. The molecule has 0 saturated heterocycles. The average Bonchev–Trinajstić information content (AvgIpc) is 2.29. The molecule has 2 N–H and O–H groups in total. The lowest BCUT2D eigenvalue weighted by atomic mass is 10.2. The van der Waals surface area contributed by atoms with Crippen LogP contribution in [0, 0.1) is 12.7 Å². The van der Waals surface area contributed by atoms with Gasteiger partial charge in [0.2, 0.25) is 15.8 Å².